The number of hydrogen-bond donors (Lipinski definition) is 0. The highest BCUT2D eigenvalue weighted by atomic mass is 31.2. The number of carbonyl (C=O) groups excluding carboxylic acids is 2. The smallest absolute Gasteiger partial charge is 0.410 e. The Morgan fingerprint density at radius 2 is 1.33 bits per heavy atom. The Kier molecular flexibility index (Phi) is 10.3. The minimum atomic E-state index is -1.86. The number of rotatable bonds is 10. The number of carbonyl (C=O) groups is 2. The average Bonchev–Trinajstić information content (AvgIpc) is 2.34. The number of esters is 1. The molecule has 0 heterocycles. The van der Waals surface area contributed by atoms with Gasteiger partial charge in [-0.3, -0.25) is 9.69 Å². The molecule has 7 nitrogen and oxygen atoms in total. The lowest BCUT2D eigenvalue weighted by Crippen LogP contribution is -2.39. The summed E-state index contributed by atoms with van der Waals surface area (Å²) >= 11 is 0. The predicted octanol–water partition coefficient (Wildman–Crippen LogP) is 3.98. The lowest BCUT2D eigenvalue weighted by Gasteiger charge is -2.33. The van der Waals surface area contributed by atoms with Crippen molar-refractivity contribution in [3.05, 3.63) is 0 Å². The molecule has 0 aromatic heterocycles. The van der Waals surface area contributed by atoms with E-state index in [9.17, 15) is 9.59 Å². The molecular weight excluding hydrogens is 365 g/mol. The van der Waals surface area contributed by atoms with Crippen LogP contribution in [0.3, 0.4) is 0 Å². The summed E-state index contributed by atoms with van der Waals surface area (Å²) in [6.45, 7) is 16.2. The molecule has 0 aromatic rings. The second kappa shape index (κ2) is 10.5. The first-order valence-electron chi connectivity index (χ1n) is 8.11. The maximum atomic E-state index is 12.2. The number of hydrogen-bond acceptors (Lipinski definition) is 6. The Bertz CT molecular complexity index is 395. The predicted molar refractivity (Wildman–Crippen MR) is 101 cm³/mol. The van der Waals surface area contributed by atoms with Gasteiger partial charge in [0.1, 0.15) is 6.54 Å². The van der Waals surface area contributed by atoms with Gasteiger partial charge in [-0.15, -0.1) is 0 Å². The Morgan fingerprint density at radius 1 is 0.875 bits per heavy atom. The third-order valence-electron chi connectivity index (χ3n) is 2.19. The van der Waals surface area contributed by atoms with E-state index in [0.717, 1.165) is 0 Å². The van der Waals surface area contributed by atoms with E-state index in [2.05, 4.69) is 39.3 Å². The highest BCUT2D eigenvalue weighted by molar-refractivity contribution is 7.50. The van der Waals surface area contributed by atoms with Crippen LogP contribution in [0, 0.1) is 0 Å². The summed E-state index contributed by atoms with van der Waals surface area (Å²) in [5.74, 6) is -0.471. The van der Waals surface area contributed by atoms with Crippen molar-refractivity contribution in [2.75, 3.05) is 26.0 Å². The van der Waals surface area contributed by atoms with Crippen molar-refractivity contribution in [2.24, 2.45) is 0 Å². The van der Waals surface area contributed by atoms with Crippen LogP contribution in [0.1, 0.15) is 13.8 Å². The van der Waals surface area contributed by atoms with E-state index in [-0.39, 0.29) is 26.0 Å². The summed E-state index contributed by atoms with van der Waals surface area (Å²) in [5, 5.41) is 0. The molecule has 0 radical (unpaired) electrons. The van der Waals surface area contributed by atoms with Crippen LogP contribution in [-0.2, 0) is 22.7 Å². The fourth-order valence-electron chi connectivity index (χ4n) is 1.58. The van der Waals surface area contributed by atoms with Gasteiger partial charge < -0.3 is 17.9 Å². The first kappa shape index (κ1) is 23.5. The van der Waals surface area contributed by atoms with Crippen molar-refractivity contribution in [3.63, 3.8) is 0 Å². The van der Waals surface area contributed by atoms with Crippen molar-refractivity contribution in [3.8, 4) is 0 Å². The third kappa shape index (κ3) is 12.0. The molecule has 0 bridgehead atoms. The Hall–Kier alpha value is -0.476. The third-order valence-corrected chi connectivity index (χ3v) is 8.77. The zero-order chi connectivity index (χ0) is 19.0. The molecule has 0 spiro atoms. The average molecular weight is 398 g/mol. The minimum absolute atomic E-state index is 0.171. The van der Waals surface area contributed by atoms with Gasteiger partial charge in [-0.25, -0.2) is 4.79 Å². The summed E-state index contributed by atoms with van der Waals surface area (Å²) in [6, 6.07) is 0. The van der Waals surface area contributed by atoms with Crippen LogP contribution >= 0.6 is 8.38 Å². The molecule has 0 fully saturated rings. The monoisotopic (exact) mass is 397 g/mol. The van der Waals surface area contributed by atoms with Gasteiger partial charge in [0, 0.05) is 0 Å². The van der Waals surface area contributed by atoms with Crippen LogP contribution in [0.25, 0.3) is 0 Å². The van der Waals surface area contributed by atoms with E-state index in [1.54, 1.807) is 13.8 Å². The van der Waals surface area contributed by atoms with Crippen LogP contribution in [0.15, 0.2) is 0 Å². The van der Waals surface area contributed by atoms with Gasteiger partial charge in [0.25, 0.3) is 0 Å². The molecule has 10 heteroatoms. The van der Waals surface area contributed by atoms with Gasteiger partial charge in [0.15, 0.2) is 25.0 Å². The first-order chi connectivity index (χ1) is 10.9. The molecule has 1 amide bonds. The number of ether oxygens (including phenoxy) is 2. The first-order valence-corrected chi connectivity index (χ1v) is 16.3. The molecule has 0 aliphatic rings. The highest BCUT2D eigenvalue weighted by Gasteiger charge is 2.32. The summed E-state index contributed by atoms with van der Waals surface area (Å²) in [7, 11) is -5.05. The van der Waals surface area contributed by atoms with E-state index >= 15 is 0 Å². The molecule has 0 saturated heterocycles. The topological polar surface area (TPSA) is 74.3 Å². The number of nitrogens with zero attached hydrogens (tertiary/aromatic N) is 1. The SMILES string of the molecule is CCOC(=O)CN(CP(O[Si](C)(C)C)O[Si](C)(C)C)C(=O)OCC. The quantitative estimate of drug-likeness (QED) is 0.315. The molecule has 142 valence electrons. The van der Waals surface area contributed by atoms with Gasteiger partial charge in [-0.05, 0) is 53.1 Å². The Balaban J connectivity index is 5.16. The Morgan fingerprint density at radius 3 is 1.71 bits per heavy atom. The van der Waals surface area contributed by atoms with Gasteiger partial charge in [0.05, 0.1) is 19.5 Å². The molecule has 0 aromatic carbocycles. The maximum absolute atomic E-state index is 12.2. The molecule has 0 unspecified atom stereocenters. The highest BCUT2D eigenvalue weighted by Crippen LogP contribution is 2.45. The lowest BCUT2D eigenvalue weighted by molar-refractivity contribution is -0.143. The van der Waals surface area contributed by atoms with Crippen LogP contribution in [0.4, 0.5) is 4.79 Å². The standard InChI is InChI=1S/C14H32NO6PSi2/c1-9-18-13(16)11-15(14(17)19-10-2)12-22(20-23(3,4)5)21-24(6,7)8/h9-12H2,1-8H3. The number of amides is 1. The van der Waals surface area contributed by atoms with Gasteiger partial charge in [-0.1, -0.05) is 0 Å². The van der Waals surface area contributed by atoms with E-state index in [1.807, 2.05) is 0 Å². The Labute approximate surface area is 149 Å². The van der Waals surface area contributed by atoms with Crippen LogP contribution in [0.2, 0.25) is 39.3 Å². The van der Waals surface area contributed by atoms with Gasteiger partial charge in [-0.2, -0.15) is 0 Å². The normalized spacial score (nSPS) is 12.2. The van der Waals surface area contributed by atoms with E-state index in [1.165, 1.54) is 4.90 Å². The van der Waals surface area contributed by atoms with Crippen LogP contribution in [0.5, 0.6) is 0 Å². The van der Waals surface area contributed by atoms with Crippen molar-refractivity contribution in [2.45, 2.75) is 53.1 Å². The van der Waals surface area contributed by atoms with Gasteiger partial charge >= 0.3 is 12.1 Å². The van der Waals surface area contributed by atoms with Crippen molar-refractivity contribution in [1.29, 1.82) is 0 Å². The fourth-order valence-corrected chi connectivity index (χ4v) is 7.90. The summed E-state index contributed by atoms with van der Waals surface area (Å²) in [6.07, 6.45) is -0.363. The van der Waals surface area contributed by atoms with Crippen molar-refractivity contribution >= 4 is 37.1 Å². The lowest BCUT2D eigenvalue weighted by atomic mass is 10.6. The minimum Gasteiger partial charge on any atom is -0.465 e. The van der Waals surface area contributed by atoms with E-state index in [4.69, 9.17) is 17.9 Å². The molecule has 0 saturated carbocycles. The molecule has 0 aliphatic heterocycles. The summed E-state index contributed by atoms with van der Waals surface area (Å²) in [4.78, 5) is 25.3. The molecule has 0 aliphatic carbocycles. The zero-order valence-electron chi connectivity index (χ0n) is 16.2. The summed E-state index contributed by atoms with van der Waals surface area (Å²) in [5.41, 5.74) is 0. The largest absolute Gasteiger partial charge is 0.465 e. The van der Waals surface area contributed by atoms with Crippen LogP contribution < -0.4 is 0 Å². The molecule has 0 N–H and O–H groups in total. The maximum Gasteiger partial charge on any atom is 0.410 e. The van der Waals surface area contributed by atoms with Crippen molar-refractivity contribution < 1.29 is 27.5 Å². The summed E-state index contributed by atoms with van der Waals surface area (Å²) < 4.78 is 22.2. The fraction of sp³-hybridized carbons (Fsp3) is 0.857. The van der Waals surface area contributed by atoms with Crippen LogP contribution in [-0.4, -0.2) is 59.6 Å². The second-order valence-electron chi connectivity index (χ2n) is 7.08. The second-order valence-corrected chi connectivity index (χ2v) is 17.9. The van der Waals surface area contributed by atoms with E-state index < -0.39 is 37.1 Å². The van der Waals surface area contributed by atoms with E-state index in [0.29, 0.717) is 0 Å². The van der Waals surface area contributed by atoms with Crippen molar-refractivity contribution in [1.82, 2.24) is 4.90 Å². The molecular formula is C14H32NO6PSi2. The molecule has 24 heavy (non-hydrogen) atoms. The molecule has 0 rings (SSSR count). The molecule has 0 atom stereocenters. The van der Waals surface area contributed by atoms with Gasteiger partial charge in [0.2, 0.25) is 0 Å². The zero-order valence-corrected chi connectivity index (χ0v) is 19.1.